The van der Waals surface area contributed by atoms with E-state index in [4.69, 9.17) is 0 Å². The van der Waals surface area contributed by atoms with Crippen LogP contribution in [0.15, 0.2) is 0 Å². The van der Waals surface area contributed by atoms with Crippen molar-refractivity contribution in [2.75, 3.05) is 0 Å². The Hall–Kier alpha value is -3.18. The van der Waals surface area contributed by atoms with Crippen LogP contribution in [0.2, 0.25) is 0 Å². The first-order chi connectivity index (χ1) is 10.9. The third-order valence-electron chi connectivity index (χ3n) is 3.95. The molecule has 0 aromatic heterocycles. The molecule has 0 aromatic carbocycles. The van der Waals surface area contributed by atoms with Gasteiger partial charge in [-0.25, -0.2) is 0 Å². The summed E-state index contributed by atoms with van der Waals surface area (Å²) in [6, 6.07) is 0. The molecule has 0 N–H and O–H groups in total. The van der Waals surface area contributed by atoms with Gasteiger partial charge in [0.05, 0.1) is 0 Å². The van der Waals surface area contributed by atoms with Gasteiger partial charge in [-0.1, -0.05) is 0 Å². The van der Waals surface area contributed by atoms with Crippen LogP contribution in [-0.4, -0.2) is 35.8 Å². The fourth-order valence-corrected chi connectivity index (χ4v) is 3.10. The molecular weight excluding hydrogens is 336 g/mol. The molecule has 0 heterocycles. The normalized spacial score (nSPS) is 32.5. The number of rotatable bonds is 6. The molecule has 132 valence electrons. The van der Waals surface area contributed by atoms with Crippen molar-refractivity contribution in [3.8, 4) is 0 Å². The van der Waals surface area contributed by atoms with E-state index in [0.717, 1.165) is 0 Å². The van der Waals surface area contributed by atoms with Crippen molar-refractivity contribution in [3.63, 3.8) is 0 Å². The van der Waals surface area contributed by atoms with Gasteiger partial charge in [0.1, 0.15) is 0 Å². The first-order valence-electron chi connectivity index (χ1n) is 6.18. The molecule has 1 aliphatic carbocycles. The molecule has 0 radical (unpaired) electrons. The summed E-state index contributed by atoms with van der Waals surface area (Å²) in [6.07, 6.45) is 0. The van der Waals surface area contributed by atoms with Crippen LogP contribution in [0.5, 0.6) is 0 Å². The molecule has 0 saturated heterocycles. The Bertz CT molecular complexity index is 470. The molecule has 1 saturated carbocycles. The molecule has 0 amide bonds. The van der Waals surface area contributed by atoms with Crippen LogP contribution >= 0.6 is 0 Å². The van der Waals surface area contributed by atoms with E-state index >= 15 is 0 Å². The van der Waals surface area contributed by atoms with E-state index in [1.165, 1.54) is 0 Å². The third-order valence-corrected chi connectivity index (χ3v) is 3.95. The minimum Gasteiger partial charge on any atom is -0.550 e. The van der Waals surface area contributed by atoms with Gasteiger partial charge in [0.15, 0.2) is 0 Å². The number of aliphatic carboxylic acids is 6. The Balaban J connectivity index is 3.77. The topological polar surface area (TPSA) is 241 Å². The van der Waals surface area contributed by atoms with Crippen molar-refractivity contribution < 1.29 is 59.4 Å². The Morgan fingerprint density at radius 3 is 0.458 bits per heavy atom. The first kappa shape index (κ1) is 18.9. The largest absolute Gasteiger partial charge is 0.550 e. The fraction of sp³-hybridized carbons (Fsp3) is 0.500. The standard InChI is InChI=1S/C12H12O12/c13-7(14)1-2(8(15)16)4(10(19)20)6(12(23)24)5(11(21)22)3(1)9(17)18/h1-6H,(H,13,14)(H,15,16)(H,17,18)(H,19,20)(H,21,22)(H,23,24)/p-6. The maximum atomic E-state index is 11.1. The highest BCUT2D eigenvalue weighted by Gasteiger charge is 2.53. The average molecular weight is 342 g/mol. The zero-order chi connectivity index (χ0) is 18.9. The number of carbonyl (C=O) groups is 6. The van der Waals surface area contributed by atoms with Crippen LogP contribution in [0.1, 0.15) is 0 Å². The van der Waals surface area contributed by atoms with Gasteiger partial charge in [0.25, 0.3) is 0 Å². The molecular formula is C12H6O12-6. The van der Waals surface area contributed by atoms with Gasteiger partial charge in [-0.3, -0.25) is 0 Å². The Morgan fingerprint density at radius 2 is 0.417 bits per heavy atom. The zero-order valence-corrected chi connectivity index (χ0v) is 11.4. The summed E-state index contributed by atoms with van der Waals surface area (Å²) in [5, 5.41) is 66.7. The van der Waals surface area contributed by atoms with Crippen LogP contribution in [0.3, 0.4) is 0 Å². The van der Waals surface area contributed by atoms with Crippen molar-refractivity contribution in [1.29, 1.82) is 0 Å². The molecule has 24 heavy (non-hydrogen) atoms. The molecule has 0 aromatic rings. The molecule has 1 aliphatic rings. The van der Waals surface area contributed by atoms with E-state index in [-0.39, 0.29) is 0 Å². The summed E-state index contributed by atoms with van der Waals surface area (Å²) in [5.74, 6) is -31.4. The van der Waals surface area contributed by atoms with E-state index in [9.17, 15) is 59.4 Å². The number of carboxylic acids is 6. The Morgan fingerprint density at radius 1 is 0.333 bits per heavy atom. The third kappa shape index (κ3) is 2.98. The first-order valence-corrected chi connectivity index (χ1v) is 6.18. The molecule has 1 rings (SSSR count). The lowest BCUT2D eigenvalue weighted by Gasteiger charge is -2.53. The van der Waals surface area contributed by atoms with Gasteiger partial charge in [-0.05, 0) is 0 Å². The summed E-state index contributed by atoms with van der Waals surface area (Å²) in [7, 11) is 0. The highest BCUT2D eigenvalue weighted by molar-refractivity contribution is 5.94. The summed E-state index contributed by atoms with van der Waals surface area (Å²) in [4.78, 5) is 66.7. The maximum absolute atomic E-state index is 11.1. The maximum Gasteiger partial charge on any atom is 0.0458 e. The summed E-state index contributed by atoms with van der Waals surface area (Å²) >= 11 is 0. The van der Waals surface area contributed by atoms with Gasteiger partial charge in [0.2, 0.25) is 0 Å². The van der Waals surface area contributed by atoms with E-state index in [0.29, 0.717) is 0 Å². The lowest BCUT2D eigenvalue weighted by molar-refractivity contribution is -0.364. The quantitative estimate of drug-likeness (QED) is 0.436. The highest BCUT2D eigenvalue weighted by Crippen LogP contribution is 2.45. The second-order valence-electron chi connectivity index (χ2n) is 5.07. The zero-order valence-electron chi connectivity index (χ0n) is 11.4. The monoisotopic (exact) mass is 342 g/mol. The van der Waals surface area contributed by atoms with Gasteiger partial charge < -0.3 is 59.4 Å². The molecule has 12 heteroatoms. The van der Waals surface area contributed by atoms with Gasteiger partial charge in [0, 0.05) is 71.3 Å². The Labute approximate surface area is 131 Å². The summed E-state index contributed by atoms with van der Waals surface area (Å²) in [6.45, 7) is 0. The van der Waals surface area contributed by atoms with Gasteiger partial charge in [-0.2, -0.15) is 0 Å². The lowest BCUT2D eigenvalue weighted by Crippen LogP contribution is -2.68. The predicted octanol–water partition coefficient (Wildman–Crippen LogP) is -9.80. The number of carboxylic acid groups (broad SMARTS) is 6. The van der Waals surface area contributed by atoms with Crippen LogP contribution in [-0.2, 0) is 28.8 Å². The number of hydrogen-bond donors (Lipinski definition) is 0. The van der Waals surface area contributed by atoms with E-state index in [1.807, 2.05) is 0 Å². The molecule has 1 fully saturated rings. The van der Waals surface area contributed by atoms with Crippen molar-refractivity contribution in [2.24, 2.45) is 35.5 Å². The van der Waals surface area contributed by atoms with Crippen LogP contribution in [0.25, 0.3) is 0 Å². The van der Waals surface area contributed by atoms with Crippen molar-refractivity contribution >= 4 is 35.8 Å². The van der Waals surface area contributed by atoms with Crippen LogP contribution in [0.4, 0.5) is 0 Å². The summed E-state index contributed by atoms with van der Waals surface area (Å²) in [5.41, 5.74) is 0. The molecule has 0 unspecified atom stereocenters. The van der Waals surface area contributed by atoms with Crippen molar-refractivity contribution in [3.05, 3.63) is 0 Å². The second kappa shape index (κ2) is 6.52. The van der Waals surface area contributed by atoms with E-state index in [2.05, 4.69) is 0 Å². The van der Waals surface area contributed by atoms with Gasteiger partial charge in [-0.15, -0.1) is 0 Å². The average Bonchev–Trinajstić information content (AvgIpc) is 2.42. The Kier molecular flexibility index (Phi) is 5.12. The molecule has 0 aliphatic heterocycles. The van der Waals surface area contributed by atoms with Crippen molar-refractivity contribution in [2.45, 2.75) is 0 Å². The SMILES string of the molecule is O=C([O-])C1C(C(=O)[O-])C(C(=O)[O-])C(C(=O)[O-])C(C(=O)[O-])C1C(=O)[O-]. The molecule has 0 spiro atoms. The van der Waals surface area contributed by atoms with Gasteiger partial charge >= 0.3 is 0 Å². The second-order valence-corrected chi connectivity index (χ2v) is 5.07. The van der Waals surface area contributed by atoms with Crippen LogP contribution < -0.4 is 30.6 Å². The minimum atomic E-state index is -2.78. The predicted molar refractivity (Wildman–Crippen MR) is 51.0 cm³/mol. The van der Waals surface area contributed by atoms with E-state index < -0.39 is 71.3 Å². The molecule has 12 nitrogen and oxygen atoms in total. The van der Waals surface area contributed by atoms with E-state index in [1.54, 1.807) is 0 Å². The molecule has 0 bridgehead atoms. The lowest BCUT2D eigenvalue weighted by atomic mass is 9.56. The summed E-state index contributed by atoms with van der Waals surface area (Å²) < 4.78 is 0. The number of hydrogen-bond acceptors (Lipinski definition) is 12. The highest BCUT2D eigenvalue weighted by atomic mass is 16.4. The number of carbonyl (C=O) groups excluding carboxylic acids is 6. The fourth-order valence-electron chi connectivity index (χ4n) is 3.10. The molecule has 0 atom stereocenters. The minimum absolute atomic E-state index is 2.45. The smallest absolute Gasteiger partial charge is 0.0458 e. The van der Waals surface area contributed by atoms with Crippen LogP contribution in [0, 0.1) is 35.5 Å². The van der Waals surface area contributed by atoms with Crippen molar-refractivity contribution in [1.82, 2.24) is 0 Å².